The average molecular weight is 171 g/mol. The topological polar surface area (TPSA) is 0 Å². The number of hydrogen-bond donors (Lipinski definition) is 0. The number of allylic oxidation sites excluding steroid dienone is 8. The van der Waals surface area contributed by atoms with E-state index in [0.717, 1.165) is 12.8 Å². The molecule has 0 spiro atoms. The van der Waals surface area contributed by atoms with Crippen molar-refractivity contribution in [1.82, 2.24) is 0 Å². The zero-order chi connectivity index (χ0) is 8.93. The molecule has 13 heavy (non-hydrogen) atoms. The third-order valence-corrected chi connectivity index (χ3v) is 2.56. The molecule has 2 aliphatic carbocycles. The molecule has 0 N–H and O–H groups in total. The van der Waals surface area contributed by atoms with Gasteiger partial charge in [-0.2, -0.15) is 0 Å². The molecule has 0 aromatic rings. The molecule has 2 aliphatic rings. The Balaban J connectivity index is 2.10. The van der Waals surface area contributed by atoms with E-state index in [-0.39, 0.29) is 0 Å². The van der Waals surface area contributed by atoms with Gasteiger partial charge in [-0.3, -0.25) is 0 Å². The molecule has 0 atom stereocenters. The molecule has 0 nitrogen and oxygen atoms in total. The summed E-state index contributed by atoms with van der Waals surface area (Å²) < 4.78 is 0. The summed E-state index contributed by atoms with van der Waals surface area (Å²) in [7, 11) is 0. The lowest BCUT2D eigenvalue weighted by atomic mass is 9.95. The van der Waals surface area contributed by atoms with Gasteiger partial charge in [-0.1, -0.05) is 30.4 Å². The van der Waals surface area contributed by atoms with E-state index in [2.05, 4.69) is 36.5 Å². The fourth-order valence-electron chi connectivity index (χ4n) is 1.81. The van der Waals surface area contributed by atoms with Crippen LogP contribution >= 0.6 is 0 Å². The van der Waals surface area contributed by atoms with Gasteiger partial charge in [0.15, 0.2) is 0 Å². The van der Waals surface area contributed by atoms with Crippen LogP contribution in [0.2, 0.25) is 0 Å². The maximum atomic E-state index is 3.44. The van der Waals surface area contributed by atoms with E-state index in [0.29, 0.717) is 0 Å². The first-order valence-corrected chi connectivity index (χ1v) is 5.07. The van der Waals surface area contributed by atoms with Crippen LogP contribution in [0.3, 0.4) is 0 Å². The maximum absolute atomic E-state index is 3.44. The third-order valence-electron chi connectivity index (χ3n) is 2.56. The summed E-state index contributed by atoms with van der Waals surface area (Å²) in [6.45, 7) is 0. The Morgan fingerprint density at radius 1 is 1.15 bits per heavy atom. The molecule has 0 saturated carbocycles. The second kappa shape index (κ2) is 4.27. The lowest BCUT2D eigenvalue weighted by molar-refractivity contribution is 0.836. The van der Waals surface area contributed by atoms with Crippen molar-refractivity contribution in [3.8, 4) is 0 Å². The molecule has 0 fully saturated rings. The monoisotopic (exact) mass is 171 g/mol. The summed E-state index contributed by atoms with van der Waals surface area (Å²) in [6.07, 6.45) is 20.4. The molecule has 0 bridgehead atoms. The highest BCUT2D eigenvalue weighted by Crippen LogP contribution is 2.25. The smallest absolute Gasteiger partial charge is 0.00914 e. The largest absolute Gasteiger partial charge is 0.0845 e. The van der Waals surface area contributed by atoms with Crippen molar-refractivity contribution >= 4 is 0 Å². The quantitative estimate of drug-likeness (QED) is 0.527. The minimum Gasteiger partial charge on any atom is -0.0845 e. The van der Waals surface area contributed by atoms with Crippen LogP contribution in [0.4, 0.5) is 0 Å². The SMILES string of the molecule is [C]1=C(C2=CC=CCCC2)CC=CC1. The Morgan fingerprint density at radius 2 is 2.15 bits per heavy atom. The van der Waals surface area contributed by atoms with Gasteiger partial charge >= 0.3 is 0 Å². The van der Waals surface area contributed by atoms with E-state index in [4.69, 9.17) is 0 Å². The summed E-state index contributed by atoms with van der Waals surface area (Å²) in [5.41, 5.74) is 2.92. The van der Waals surface area contributed by atoms with E-state index >= 15 is 0 Å². The molecule has 1 radical (unpaired) electrons. The standard InChI is InChI=1S/C13H15/c1-2-5-9-12(8-4-1)13-10-6-3-7-11-13/h1,3-4,6,8H,2,5,7,9-10H2. The molecule has 2 rings (SSSR count). The summed E-state index contributed by atoms with van der Waals surface area (Å²) in [4.78, 5) is 0. The van der Waals surface area contributed by atoms with Crippen LogP contribution in [0, 0.1) is 6.08 Å². The molecule has 0 saturated heterocycles. The minimum atomic E-state index is 0.996. The van der Waals surface area contributed by atoms with Crippen LogP contribution in [-0.2, 0) is 0 Å². The fraction of sp³-hybridized carbons (Fsp3) is 0.385. The average Bonchev–Trinajstić information content (AvgIpc) is 2.47. The van der Waals surface area contributed by atoms with Crippen LogP contribution in [0.15, 0.2) is 41.5 Å². The second-order valence-corrected chi connectivity index (χ2v) is 3.55. The van der Waals surface area contributed by atoms with Crippen molar-refractivity contribution in [2.45, 2.75) is 32.1 Å². The molecule has 0 aromatic carbocycles. The van der Waals surface area contributed by atoms with Gasteiger partial charge < -0.3 is 0 Å². The number of rotatable bonds is 1. The Labute approximate surface area is 80.3 Å². The first-order chi connectivity index (χ1) is 6.47. The van der Waals surface area contributed by atoms with E-state index in [1.54, 1.807) is 0 Å². The molecule has 67 valence electrons. The first-order valence-electron chi connectivity index (χ1n) is 5.07. The molecule has 0 aromatic heterocycles. The van der Waals surface area contributed by atoms with Gasteiger partial charge in [0, 0.05) is 0 Å². The van der Waals surface area contributed by atoms with E-state index < -0.39 is 0 Å². The molecule has 0 heterocycles. The van der Waals surface area contributed by atoms with Crippen molar-refractivity contribution < 1.29 is 0 Å². The fourth-order valence-corrected chi connectivity index (χ4v) is 1.81. The van der Waals surface area contributed by atoms with Crippen LogP contribution in [-0.4, -0.2) is 0 Å². The van der Waals surface area contributed by atoms with Gasteiger partial charge in [0.25, 0.3) is 0 Å². The summed E-state index contributed by atoms with van der Waals surface area (Å²) in [6, 6.07) is 0. The number of hydrogen-bond acceptors (Lipinski definition) is 0. The van der Waals surface area contributed by atoms with Gasteiger partial charge in [0.2, 0.25) is 0 Å². The van der Waals surface area contributed by atoms with Crippen molar-refractivity contribution in [3.05, 3.63) is 47.6 Å². The van der Waals surface area contributed by atoms with Crippen LogP contribution in [0.5, 0.6) is 0 Å². The van der Waals surface area contributed by atoms with Crippen LogP contribution in [0.1, 0.15) is 32.1 Å². The Hall–Kier alpha value is -1.04. The lowest BCUT2D eigenvalue weighted by Gasteiger charge is -2.10. The molecule has 0 unspecified atom stereocenters. The van der Waals surface area contributed by atoms with Crippen molar-refractivity contribution in [3.63, 3.8) is 0 Å². The van der Waals surface area contributed by atoms with Crippen molar-refractivity contribution in [2.24, 2.45) is 0 Å². The highest BCUT2D eigenvalue weighted by atomic mass is 14.1. The van der Waals surface area contributed by atoms with Gasteiger partial charge in [-0.05, 0) is 49.3 Å². The highest BCUT2D eigenvalue weighted by Gasteiger charge is 2.06. The maximum Gasteiger partial charge on any atom is -0.00914 e. The second-order valence-electron chi connectivity index (χ2n) is 3.55. The molecular formula is C13H15. The minimum absolute atomic E-state index is 0.996. The third kappa shape index (κ3) is 2.21. The first kappa shape index (κ1) is 8.55. The predicted octanol–water partition coefficient (Wildman–Crippen LogP) is 3.73. The molecule has 0 heteroatoms. The van der Waals surface area contributed by atoms with Crippen LogP contribution < -0.4 is 0 Å². The molecule has 0 aliphatic heterocycles. The summed E-state index contributed by atoms with van der Waals surface area (Å²) >= 11 is 0. The Kier molecular flexibility index (Phi) is 2.81. The van der Waals surface area contributed by atoms with Crippen molar-refractivity contribution in [2.75, 3.05) is 0 Å². The predicted molar refractivity (Wildman–Crippen MR) is 56.2 cm³/mol. The molecular weight excluding hydrogens is 156 g/mol. The lowest BCUT2D eigenvalue weighted by Crippen LogP contribution is -1.92. The normalized spacial score (nSPS) is 22.2. The van der Waals surface area contributed by atoms with Gasteiger partial charge in [-0.25, -0.2) is 0 Å². The summed E-state index contributed by atoms with van der Waals surface area (Å²) in [5, 5.41) is 0. The Bertz CT molecular complexity index is 287. The zero-order valence-electron chi connectivity index (χ0n) is 7.92. The van der Waals surface area contributed by atoms with Crippen molar-refractivity contribution in [1.29, 1.82) is 0 Å². The van der Waals surface area contributed by atoms with E-state index in [1.807, 2.05) is 0 Å². The van der Waals surface area contributed by atoms with Gasteiger partial charge in [0.1, 0.15) is 0 Å². The zero-order valence-corrected chi connectivity index (χ0v) is 7.92. The Morgan fingerprint density at radius 3 is 3.00 bits per heavy atom. The van der Waals surface area contributed by atoms with Gasteiger partial charge in [-0.15, -0.1) is 0 Å². The van der Waals surface area contributed by atoms with Crippen LogP contribution in [0.25, 0.3) is 0 Å². The van der Waals surface area contributed by atoms with Gasteiger partial charge in [0.05, 0.1) is 0 Å². The van der Waals surface area contributed by atoms with E-state index in [9.17, 15) is 0 Å². The van der Waals surface area contributed by atoms with E-state index in [1.165, 1.54) is 30.4 Å². The molecule has 0 amide bonds. The summed E-state index contributed by atoms with van der Waals surface area (Å²) in [5.74, 6) is 0. The highest BCUT2D eigenvalue weighted by molar-refractivity contribution is 5.36.